The summed E-state index contributed by atoms with van der Waals surface area (Å²) in [5.41, 5.74) is 5.13. The molecular weight excluding hydrogens is 422 g/mol. The van der Waals surface area contributed by atoms with E-state index in [-0.39, 0.29) is 0 Å². The van der Waals surface area contributed by atoms with Gasteiger partial charge in [-0.25, -0.2) is 0 Å². The third-order valence-corrected chi connectivity index (χ3v) is 6.41. The van der Waals surface area contributed by atoms with Gasteiger partial charge in [0.15, 0.2) is 5.60 Å². The minimum atomic E-state index is -1.74. The van der Waals surface area contributed by atoms with Crippen LogP contribution in [0.2, 0.25) is 0 Å². The Labute approximate surface area is 199 Å². The molecule has 1 heterocycles. The van der Waals surface area contributed by atoms with Crippen LogP contribution in [0.3, 0.4) is 0 Å². The maximum Gasteiger partial charge on any atom is 0.265 e. The van der Waals surface area contributed by atoms with Gasteiger partial charge < -0.3 is 15.2 Å². The fraction of sp³-hybridized carbons (Fsp3) is 0.167. The highest BCUT2D eigenvalue weighted by Crippen LogP contribution is 2.43. The number of carbonyl (C=O) groups excluding carboxylic acids is 1. The van der Waals surface area contributed by atoms with Crippen molar-refractivity contribution in [2.75, 3.05) is 5.32 Å². The van der Waals surface area contributed by atoms with Crippen LogP contribution in [0, 0.1) is 13.8 Å². The Hall–Kier alpha value is -3.89. The number of benzene rings is 4. The first-order chi connectivity index (χ1) is 16.4. The molecule has 34 heavy (non-hydrogen) atoms. The monoisotopic (exact) mass is 449 g/mol. The van der Waals surface area contributed by atoms with Crippen molar-refractivity contribution in [2.24, 2.45) is 0 Å². The molecule has 1 unspecified atom stereocenters. The summed E-state index contributed by atoms with van der Waals surface area (Å²) in [4.78, 5) is 13.0. The summed E-state index contributed by atoms with van der Waals surface area (Å²) < 4.78 is 6.09. The Bertz CT molecular complexity index is 1330. The summed E-state index contributed by atoms with van der Waals surface area (Å²) in [7, 11) is 0. The number of hydrogen-bond donors (Lipinski definition) is 2. The molecule has 0 bridgehead atoms. The van der Waals surface area contributed by atoms with E-state index in [1.54, 1.807) is 0 Å². The van der Waals surface area contributed by atoms with E-state index >= 15 is 0 Å². The molecule has 4 aromatic carbocycles. The van der Waals surface area contributed by atoms with Crippen LogP contribution in [-0.4, -0.2) is 11.0 Å². The number of hydrogen-bond acceptors (Lipinski definition) is 3. The van der Waals surface area contributed by atoms with E-state index < -0.39 is 11.5 Å². The van der Waals surface area contributed by atoms with Crippen LogP contribution in [-0.2, 0) is 23.4 Å². The Balaban J connectivity index is 1.44. The van der Waals surface area contributed by atoms with Crippen LogP contribution in [0.15, 0.2) is 91.0 Å². The topological polar surface area (TPSA) is 58.6 Å². The van der Waals surface area contributed by atoms with Gasteiger partial charge in [0.25, 0.3) is 5.91 Å². The van der Waals surface area contributed by atoms with Gasteiger partial charge in [0.1, 0.15) is 12.4 Å². The van der Waals surface area contributed by atoms with Crippen LogP contribution in [0.5, 0.6) is 5.75 Å². The normalized spacial score (nSPS) is 16.7. The first kappa shape index (κ1) is 21.9. The van der Waals surface area contributed by atoms with Crippen molar-refractivity contribution in [3.63, 3.8) is 0 Å². The number of amides is 1. The highest BCUT2D eigenvalue weighted by molar-refractivity contribution is 6.07. The third-order valence-electron chi connectivity index (χ3n) is 6.41. The molecule has 1 amide bonds. The van der Waals surface area contributed by atoms with Gasteiger partial charge in [-0.1, -0.05) is 72.8 Å². The van der Waals surface area contributed by atoms with E-state index in [1.807, 2.05) is 92.7 Å². The minimum absolute atomic E-state index is 0.434. The summed E-state index contributed by atoms with van der Waals surface area (Å²) in [6.45, 7) is 4.34. The predicted octanol–water partition coefficient (Wildman–Crippen LogP) is 5.66. The summed E-state index contributed by atoms with van der Waals surface area (Å²) in [5.74, 6) is 0.337. The molecule has 0 spiro atoms. The van der Waals surface area contributed by atoms with Crippen molar-refractivity contribution in [2.45, 2.75) is 32.5 Å². The molecule has 0 saturated carbocycles. The van der Waals surface area contributed by atoms with Gasteiger partial charge in [0.05, 0.1) is 0 Å². The highest BCUT2D eigenvalue weighted by atomic mass is 16.5. The Kier molecular flexibility index (Phi) is 5.68. The molecule has 0 fully saturated rings. The summed E-state index contributed by atoms with van der Waals surface area (Å²) in [5, 5.41) is 14.6. The van der Waals surface area contributed by atoms with Gasteiger partial charge in [-0.15, -0.1) is 0 Å². The molecule has 4 heteroatoms. The molecule has 1 atom stereocenters. The molecule has 0 aromatic heterocycles. The summed E-state index contributed by atoms with van der Waals surface area (Å²) >= 11 is 0. The Morgan fingerprint density at radius 3 is 2.06 bits per heavy atom. The third kappa shape index (κ3) is 3.97. The van der Waals surface area contributed by atoms with Crippen LogP contribution < -0.4 is 10.1 Å². The molecule has 0 radical (unpaired) electrons. The van der Waals surface area contributed by atoms with E-state index in [0.717, 1.165) is 34.4 Å². The van der Waals surface area contributed by atoms with Crippen LogP contribution in [0.4, 0.5) is 5.69 Å². The number of nitrogens with one attached hydrogen (secondary N) is 1. The van der Waals surface area contributed by atoms with Crippen molar-refractivity contribution >= 4 is 11.6 Å². The largest absolute Gasteiger partial charge is 0.488 e. The Morgan fingerprint density at radius 1 is 0.794 bits per heavy atom. The Morgan fingerprint density at radius 2 is 1.41 bits per heavy atom. The molecule has 0 aliphatic carbocycles. The van der Waals surface area contributed by atoms with Gasteiger partial charge in [-0.05, 0) is 71.8 Å². The number of ether oxygens (including phenoxy) is 1. The molecule has 4 aromatic rings. The maximum atomic E-state index is 13.0. The second-order valence-electron chi connectivity index (χ2n) is 8.92. The van der Waals surface area contributed by atoms with E-state index in [1.165, 1.54) is 5.56 Å². The molecule has 170 valence electrons. The smallest absolute Gasteiger partial charge is 0.265 e. The lowest BCUT2D eigenvalue weighted by molar-refractivity contribution is -0.129. The summed E-state index contributed by atoms with van der Waals surface area (Å²) in [6.07, 6.45) is 0.758. The lowest BCUT2D eigenvalue weighted by Gasteiger charge is -2.24. The van der Waals surface area contributed by atoms with E-state index in [4.69, 9.17) is 4.74 Å². The van der Waals surface area contributed by atoms with Crippen molar-refractivity contribution in [3.8, 4) is 5.75 Å². The highest BCUT2D eigenvalue weighted by Gasteiger charge is 2.47. The molecule has 1 aliphatic rings. The number of fused-ring (bicyclic) bond motifs is 1. The van der Waals surface area contributed by atoms with E-state index in [0.29, 0.717) is 23.4 Å². The predicted molar refractivity (Wildman–Crippen MR) is 134 cm³/mol. The zero-order chi connectivity index (χ0) is 23.7. The average Bonchev–Trinajstić information content (AvgIpc) is 3.10. The fourth-order valence-corrected chi connectivity index (χ4v) is 4.69. The maximum absolute atomic E-state index is 13.0. The van der Waals surface area contributed by atoms with Crippen molar-refractivity contribution in [3.05, 3.63) is 130 Å². The first-order valence-electron chi connectivity index (χ1n) is 11.4. The van der Waals surface area contributed by atoms with E-state index in [9.17, 15) is 9.90 Å². The molecule has 5 rings (SSSR count). The number of aliphatic hydroxyl groups is 1. The molecular formula is C30H27NO3. The number of carbonyl (C=O) groups is 1. The van der Waals surface area contributed by atoms with Gasteiger partial charge in [-0.2, -0.15) is 0 Å². The van der Waals surface area contributed by atoms with Gasteiger partial charge in [0, 0.05) is 11.3 Å². The number of rotatable bonds is 6. The molecule has 0 saturated heterocycles. The standard InChI is InChI=1S/C30H27NO3/c1-20-15-25(16-21(2)28(20)34-19-23-11-7-4-8-12-23)30(33)26-14-13-24(18-27(26)31-29(30)32)17-22-9-5-3-6-10-22/h3-16,18,33H,17,19H2,1-2H3,(H,31,32). The fourth-order valence-electron chi connectivity index (χ4n) is 4.69. The van der Waals surface area contributed by atoms with Gasteiger partial charge in [-0.3, -0.25) is 4.79 Å². The van der Waals surface area contributed by atoms with Crippen LogP contribution >= 0.6 is 0 Å². The quantitative estimate of drug-likeness (QED) is 0.399. The van der Waals surface area contributed by atoms with Gasteiger partial charge in [0.2, 0.25) is 0 Å². The summed E-state index contributed by atoms with van der Waals surface area (Å²) in [6, 6.07) is 29.7. The average molecular weight is 450 g/mol. The lowest BCUT2D eigenvalue weighted by Crippen LogP contribution is -2.35. The molecule has 1 aliphatic heterocycles. The van der Waals surface area contributed by atoms with Crippen molar-refractivity contribution in [1.82, 2.24) is 0 Å². The minimum Gasteiger partial charge on any atom is -0.488 e. The second kappa shape index (κ2) is 8.81. The number of anilines is 1. The van der Waals surface area contributed by atoms with Crippen LogP contribution in [0.25, 0.3) is 0 Å². The van der Waals surface area contributed by atoms with Crippen molar-refractivity contribution < 1.29 is 14.6 Å². The zero-order valence-corrected chi connectivity index (χ0v) is 19.3. The molecule has 2 N–H and O–H groups in total. The zero-order valence-electron chi connectivity index (χ0n) is 19.3. The lowest BCUT2D eigenvalue weighted by atomic mass is 9.85. The van der Waals surface area contributed by atoms with Gasteiger partial charge >= 0.3 is 0 Å². The second-order valence-corrected chi connectivity index (χ2v) is 8.92. The van der Waals surface area contributed by atoms with Crippen LogP contribution in [0.1, 0.15) is 38.9 Å². The SMILES string of the molecule is Cc1cc(C2(O)C(=O)Nc3cc(Cc4ccccc4)ccc32)cc(C)c1OCc1ccccc1. The van der Waals surface area contributed by atoms with E-state index in [2.05, 4.69) is 17.4 Å². The molecule has 4 nitrogen and oxygen atoms in total. The number of aryl methyl sites for hydroxylation is 2. The van der Waals surface area contributed by atoms with Crippen molar-refractivity contribution in [1.29, 1.82) is 0 Å². The first-order valence-corrected chi connectivity index (χ1v) is 11.4.